The van der Waals surface area contributed by atoms with Gasteiger partial charge < -0.3 is 18.9 Å². The SMILES string of the molecule is CO/C=C(\C(=O)OC)c1ccccc1Oc1nccc(OC)n1. The second-order valence-corrected chi connectivity index (χ2v) is 4.24. The summed E-state index contributed by atoms with van der Waals surface area (Å²) in [4.78, 5) is 20.0. The van der Waals surface area contributed by atoms with Crippen molar-refractivity contribution in [3.63, 3.8) is 0 Å². The van der Waals surface area contributed by atoms with Crippen LogP contribution in [0.4, 0.5) is 0 Å². The van der Waals surface area contributed by atoms with Crippen molar-refractivity contribution < 1.29 is 23.7 Å². The van der Waals surface area contributed by atoms with Crippen LogP contribution < -0.4 is 9.47 Å². The van der Waals surface area contributed by atoms with E-state index in [1.54, 1.807) is 30.3 Å². The molecule has 2 rings (SSSR count). The molecule has 0 aliphatic heterocycles. The number of hydrogen-bond acceptors (Lipinski definition) is 7. The van der Waals surface area contributed by atoms with Crippen molar-refractivity contribution in [1.29, 1.82) is 0 Å². The molecule has 0 spiro atoms. The van der Waals surface area contributed by atoms with Crippen LogP contribution >= 0.6 is 0 Å². The average molecular weight is 316 g/mol. The third-order valence-corrected chi connectivity index (χ3v) is 2.84. The number of esters is 1. The van der Waals surface area contributed by atoms with Crippen molar-refractivity contribution in [3.8, 4) is 17.6 Å². The molecule has 0 saturated heterocycles. The molecule has 120 valence electrons. The second-order valence-electron chi connectivity index (χ2n) is 4.24. The zero-order valence-electron chi connectivity index (χ0n) is 13.0. The van der Waals surface area contributed by atoms with Gasteiger partial charge in [-0.2, -0.15) is 4.98 Å². The Balaban J connectivity index is 2.40. The third-order valence-electron chi connectivity index (χ3n) is 2.84. The molecule has 7 nitrogen and oxygen atoms in total. The highest BCUT2D eigenvalue weighted by Crippen LogP contribution is 2.30. The van der Waals surface area contributed by atoms with Gasteiger partial charge in [0.1, 0.15) is 11.3 Å². The Hall–Kier alpha value is -3.09. The van der Waals surface area contributed by atoms with Crippen LogP contribution in [-0.2, 0) is 14.3 Å². The highest BCUT2D eigenvalue weighted by molar-refractivity contribution is 6.16. The predicted molar refractivity (Wildman–Crippen MR) is 82.1 cm³/mol. The number of aromatic nitrogens is 2. The lowest BCUT2D eigenvalue weighted by molar-refractivity contribution is -0.133. The molecule has 0 saturated carbocycles. The van der Waals surface area contributed by atoms with E-state index in [0.717, 1.165) is 0 Å². The van der Waals surface area contributed by atoms with Gasteiger partial charge in [-0.15, -0.1) is 0 Å². The molecule has 0 bridgehead atoms. The molecular formula is C16H16N2O5. The molecule has 0 aliphatic rings. The molecule has 2 aromatic rings. The summed E-state index contributed by atoms with van der Waals surface area (Å²) >= 11 is 0. The van der Waals surface area contributed by atoms with Crippen LogP contribution in [0.1, 0.15) is 5.56 Å². The first-order valence-electron chi connectivity index (χ1n) is 6.65. The van der Waals surface area contributed by atoms with Crippen LogP contribution in [-0.4, -0.2) is 37.3 Å². The van der Waals surface area contributed by atoms with Gasteiger partial charge in [0.05, 0.1) is 27.6 Å². The fourth-order valence-corrected chi connectivity index (χ4v) is 1.81. The molecule has 0 amide bonds. The van der Waals surface area contributed by atoms with Crippen molar-refractivity contribution >= 4 is 11.5 Å². The summed E-state index contributed by atoms with van der Waals surface area (Å²) in [6.07, 6.45) is 2.80. The molecule has 7 heteroatoms. The molecule has 1 heterocycles. The zero-order chi connectivity index (χ0) is 16.7. The van der Waals surface area contributed by atoms with Gasteiger partial charge in [-0.3, -0.25) is 0 Å². The molecule has 0 atom stereocenters. The Morgan fingerprint density at radius 3 is 2.61 bits per heavy atom. The van der Waals surface area contributed by atoms with E-state index in [1.807, 2.05) is 0 Å². The van der Waals surface area contributed by atoms with Crippen molar-refractivity contribution in [2.75, 3.05) is 21.3 Å². The number of para-hydroxylation sites is 1. The number of hydrogen-bond donors (Lipinski definition) is 0. The van der Waals surface area contributed by atoms with Gasteiger partial charge in [0, 0.05) is 17.8 Å². The fraction of sp³-hybridized carbons (Fsp3) is 0.188. The molecular weight excluding hydrogens is 300 g/mol. The van der Waals surface area contributed by atoms with Crippen LogP contribution in [0.5, 0.6) is 17.6 Å². The third kappa shape index (κ3) is 3.97. The maximum atomic E-state index is 11.9. The monoisotopic (exact) mass is 316 g/mol. The van der Waals surface area contributed by atoms with Crippen molar-refractivity contribution in [2.45, 2.75) is 0 Å². The van der Waals surface area contributed by atoms with Crippen molar-refractivity contribution in [1.82, 2.24) is 9.97 Å². The summed E-state index contributed by atoms with van der Waals surface area (Å²) in [6, 6.07) is 8.62. The molecule has 1 aromatic heterocycles. The maximum Gasteiger partial charge on any atom is 0.341 e. The quantitative estimate of drug-likeness (QED) is 0.460. The van der Waals surface area contributed by atoms with Crippen LogP contribution in [0.3, 0.4) is 0 Å². The van der Waals surface area contributed by atoms with Gasteiger partial charge in [-0.1, -0.05) is 18.2 Å². The minimum atomic E-state index is -0.547. The first-order valence-corrected chi connectivity index (χ1v) is 6.65. The summed E-state index contributed by atoms with van der Waals surface area (Å²) in [5, 5.41) is 0. The minimum Gasteiger partial charge on any atom is -0.503 e. The van der Waals surface area contributed by atoms with E-state index in [2.05, 4.69) is 9.97 Å². The van der Waals surface area contributed by atoms with E-state index >= 15 is 0 Å². The van der Waals surface area contributed by atoms with Crippen LogP contribution in [0, 0.1) is 0 Å². The average Bonchev–Trinajstić information content (AvgIpc) is 2.60. The van der Waals surface area contributed by atoms with Crippen molar-refractivity contribution in [3.05, 3.63) is 48.4 Å². The number of carbonyl (C=O) groups excluding carboxylic acids is 1. The van der Waals surface area contributed by atoms with E-state index in [-0.39, 0.29) is 11.6 Å². The largest absolute Gasteiger partial charge is 0.503 e. The summed E-state index contributed by atoms with van der Waals surface area (Å²) in [5.41, 5.74) is 0.709. The summed E-state index contributed by atoms with van der Waals surface area (Å²) in [6.45, 7) is 0. The van der Waals surface area contributed by atoms with Gasteiger partial charge >= 0.3 is 12.0 Å². The van der Waals surface area contributed by atoms with Gasteiger partial charge in [0.25, 0.3) is 0 Å². The van der Waals surface area contributed by atoms with Gasteiger partial charge in [-0.05, 0) is 6.07 Å². The molecule has 0 N–H and O–H groups in total. The Labute approximate surface area is 133 Å². The summed E-state index contributed by atoms with van der Waals surface area (Å²) in [5.74, 6) is 0.206. The number of rotatable bonds is 6. The van der Waals surface area contributed by atoms with Crippen LogP contribution in [0.25, 0.3) is 5.57 Å². The fourth-order valence-electron chi connectivity index (χ4n) is 1.81. The molecule has 0 unspecified atom stereocenters. The van der Waals surface area contributed by atoms with Crippen LogP contribution in [0.2, 0.25) is 0 Å². The molecule has 0 radical (unpaired) electrons. The Morgan fingerprint density at radius 1 is 1.13 bits per heavy atom. The Morgan fingerprint density at radius 2 is 1.91 bits per heavy atom. The van der Waals surface area contributed by atoms with Gasteiger partial charge in [-0.25, -0.2) is 9.78 Å². The van der Waals surface area contributed by atoms with Crippen LogP contribution in [0.15, 0.2) is 42.8 Å². The lowest BCUT2D eigenvalue weighted by Crippen LogP contribution is -2.06. The highest BCUT2D eigenvalue weighted by atomic mass is 16.5. The number of nitrogens with zero attached hydrogens (tertiary/aromatic N) is 2. The molecule has 0 fully saturated rings. The van der Waals surface area contributed by atoms with Crippen molar-refractivity contribution in [2.24, 2.45) is 0 Å². The van der Waals surface area contributed by atoms with E-state index in [4.69, 9.17) is 18.9 Å². The first-order chi connectivity index (χ1) is 11.2. The minimum absolute atomic E-state index is 0.0958. The smallest absolute Gasteiger partial charge is 0.341 e. The van der Waals surface area contributed by atoms with Gasteiger partial charge in [0.15, 0.2) is 0 Å². The van der Waals surface area contributed by atoms with E-state index < -0.39 is 5.97 Å². The van der Waals surface area contributed by atoms with E-state index in [0.29, 0.717) is 17.2 Å². The normalized spacial score (nSPS) is 10.8. The van der Waals surface area contributed by atoms with E-state index in [1.165, 1.54) is 33.8 Å². The lowest BCUT2D eigenvalue weighted by atomic mass is 10.1. The number of benzene rings is 1. The molecule has 23 heavy (non-hydrogen) atoms. The number of methoxy groups -OCH3 is 3. The summed E-state index contributed by atoms with van der Waals surface area (Å²) in [7, 11) is 4.23. The standard InChI is InChI=1S/C16H16N2O5/c1-20-10-12(15(19)22-3)11-6-4-5-7-13(11)23-16-17-9-8-14(18-16)21-2/h4-10H,1-3H3/b12-10-. The molecule has 0 aliphatic carbocycles. The maximum absolute atomic E-state index is 11.9. The Bertz CT molecular complexity index is 715. The zero-order valence-corrected chi connectivity index (χ0v) is 13.0. The molecule has 1 aromatic carbocycles. The topological polar surface area (TPSA) is 79.8 Å². The predicted octanol–water partition coefficient (Wildman–Crippen LogP) is 2.44. The number of carbonyl (C=O) groups is 1. The van der Waals surface area contributed by atoms with Gasteiger partial charge in [0.2, 0.25) is 5.88 Å². The number of ether oxygens (including phenoxy) is 4. The lowest BCUT2D eigenvalue weighted by Gasteiger charge is -2.11. The first kappa shape index (κ1) is 16.3. The highest BCUT2D eigenvalue weighted by Gasteiger charge is 2.18. The second kappa shape index (κ2) is 7.79. The Kier molecular flexibility index (Phi) is 5.51. The van der Waals surface area contributed by atoms with E-state index in [9.17, 15) is 4.79 Å². The summed E-state index contributed by atoms with van der Waals surface area (Å²) < 4.78 is 20.4.